The van der Waals surface area contributed by atoms with Gasteiger partial charge in [0.2, 0.25) is 5.13 Å². The Bertz CT molecular complexity index is 398. The molecule has 114 valence electrons. The van der Waals surface area contributed by atoms with E-state index in [1.807, 2.05) is 0 Å². The van der Waals surface area contributed by atoms with Gasteiger partial charge in [0.1, 0.15) is 5.82 Å². The summed E-state index contributed by atoms with van der Waals surface area (Å²) >= 11 is 1.54. The van der Waals surface area contributed by atoms with Crippen LogP contribution in [0.15, 0.2) is 0 Å². The molecule has 1 unspecified atom stereocenters. The van der Waals surface area contributed by atoms with Gasteiger partial charge >= 0.3 is 0 Å². The highest BCUT2D eigenvalue weighted by molar-refractivity contribution is 7.09. The number of aromatic nitrogens is 2. The van der Waals surface area contributed by atoms with E-state index in [0.717, 1.165) is 50.1 Å². The minimum atomic E-state index is 0.412. The maximum atomic E-state index is 5.71. The van der Waals surface area contributed by atoms with E-state index in [9.17, 15) is 0 Å². The summed E-state index contributed by atoms with van der Waals surface area (Å²) < 4.78 is 4.45. The van der Waals surface area contributed by atoms with Crippen molar-refractivity contribution in [2.45, 2.75) is 45.6 Å². The number of rotatable bonds is 6. The van der Waals surface area contributed by atoms with Crippen molar-refractivity contribution in [3.8, 4) is 0 Å². The van der Waals surface area contributed by atoms with Crippen LogP contribution in [-0.2, 0) is 0 Å². The molecular formula is C14H27N5S. The molecule has 2 rings (SSSR count). The van der Waals surface area contributed by atoms with Gasteiger partial charge in [0.15, 0.2) is 0 Å². The molecule has 0 aliphatic carbocycles. The molecule has 1 aromatic heterocycles. The second kappa shape index (κ2) is 7.33. The molecule has 0 amide bonds. The third kappa shape index (κ3) is 3.68. The zero-order valence-electron chi connectivity index (χ0n) is 12.9. The summed E-state index contributed by atoms with van der Waals surface area (Å²) in [5.41, 5.74) is 5.71. The molecule has 1 saturated heterocycles. The molecule has 6 heteroatoms. The fraction of sp³-hybridized carbons (Fsp3) is 0.857. The molecular weight excluding hydrogens is 270 g/mol. The van der Waals surface area contributed by atoms with Gasteiger partial charge in [-0.25, -0.2) is 4.98 Å². The zero-order chi connectivity index (χ0) is 14.5. The van der Waals surface area contributed by atoms with Crippen LogP contribution < -0.4 is 10.6 Å². The number of nitrogens with two attached hydrogens (primary N) is 1. The van der Waals surface area contributed by atoms with Crippen LogP contribution in [0.3, 0.4) is 0 Å². The second-order valence-electron chi connectivity index (χ2n) is 5.75. The summed E-state index contributed by atoms with van der Waals surface area (Å²) in [4.78, 5) is 9.60. The molecule has 2 heterocycles. The van der Waals surface area contributed by atoms with Crippen LogP contribution in [0, 0.1) is 0 Å². The molecule has 1 aromatic rings. The van der Waals surface area contributed by atoms with Crippen molar-refractivity contribution in [2.24, 2.45) is 5.73 Å². The Morgan fingerprint density at radius 1 is 1.25 bits per heavy atom. The van der Waals surface area contributed by atoms with E-state index < -0.39 is 0 Å². The molecule has 0 radical (unpaired) electrons. The fourth-order valence-corrected chi connectivity index (χ4v) is 3.56. The van der Waals surface area contributed by atoms with Crippen molar-refractivity contribution >= 4 is 16.7 Å². The van der Waals surface area contributed by atoms with E-state index in [-0.39, 0.29) is 0 Å². The minimum absolute atomic E-state index is 0.412. The van der Waals surface area contributed by atoms with Crippen LogP contribution in [0.5, 0.6) is 0 Å². The van der Waals surface area contributed by atoms with Gasteiger partial charge in [-0.3, -0.25) is 4.90 Å². The monoisotopic (exact) mass is 297 g/mol. The largest absolute Gasteiger partial charge is 0.344 e. The average Bonchev–Trinajstić information content (AvgIpc) is 2.95. The Balaban J connectivity index is 1.90. The molecule has 2 N–H and O–H groups in total. The maximum Gasteiger partial charge on any atom is 0.205 e. The maximum absolute atomic E-state index is 5.71. The molecule has 0 aromatic carbocycles. The van der Waals surface area contributed by atoms with Crippen LogP contribution in [0.1, 0.15) is 45.4 Å². The SMILES string of the molecule is CCC(CCN)N1CCN(c2nc(C(C)C)ns2)CC1. The van der Waals surface area contributed by atoms with Crippen LogP contribution >= 0.6 is 11.5 Å². The van der Waals surface area contributed by atoms with Gasteiger partial charge in [-0.05, 0) is 19.4 Å². The third-order valence-corrected chi connectivity index (χ3v) is 4.81. The highest BCUT2D eigenvalue weighted by atomic mass is 32.1. The van der Waals surface area contributed by atoms with E-state index in [1.165, 1.54) is 18.0 Å². The summed E-state index contributed by atoms with van der Waals surface area (Å²) in [6.07, 6.45) is 2.29. The molecule has 5 nitrogen and oxygen atoms in total. The number of piperazine rings is 1. The molecule has 1 fully saturated rings. The van der Waals surface area contributed by atoms with E-state index in [4.69, 9.17) is 5.73 Å². The molecule has 1 atom stereocenters. The topological polar surface area (TPSA) is 58.3 Å². The molecule has 0 spiro atoms. The lowest BCUT2D eigenvalue weighted by Gasteiger charge is -2.38. The van der Waals surface area contributed by atoms with Crippen molar-refractivity contribution in [1.82, 2.24) is 14.3 Å². The van der Waals surface area contributed by atoms with Gasteiger partial charge in [-0.1, -0.05) is 20.8 Å². The highest BCUT2D eigenvalue weighted by Gasteiger charge is 2.24. The summed E-state index contributed by atoms with van der Waals surface area (Å²) in [5.74, 6) is 1.39. The van der Waals surface area contributed by atoms with E-state index in [2.05, 4.69) is 39.9 Å². The van der Waals surface area contributed by atoms with E-state index in [0.29, 0.717) is 12.0 Å². The van der Waals surface area contributed by atoms with Crippen LogP contribution in [0.2, 0.25) is 0 Å². The Hall–Kier alpha value is -0.720. The molecule has 20 heavy (non-hydrogen) atoms. The third-order valence-electron chi connectivity index (χ3n) is 4.02. The lowest BCUT2D eigenvalue weighted by atomic mass is 10.1. The standard InChI is InChI=1S/C14H27N5S/c1-4-12(5-6-15)18-7-9-19(10-8-18)14-16-13(11(2)3)17-20-14/h11-12H,4-10,15H2,1-3H3. The normalized spacial score (nSPS) is 18.8. The first kappa shape index (κ1) is 15.7. The highest BCUT2D eigenvalue weighted by Crippen LogP contribution is 2.23. The van der Waals surface area contributed by atoms with Crippen LogP contribution in [0.25, 0.3) is 0 Å². The molecule has 0 bridgehead atoms. The van der Waals surface area contributed by atoms with Gasteiger partial charge < -0.3 is 10.6 Å². The van der Waals surface area contributed by atoms with Gasteiger partial charge in [-0.15, -0.1) is 0 Å². The minimum Gasteiger partial charge on any atom is -0.344 e. The quantitative estimate of drug-likeness (QED) is 0.869. The Labute approximate surface area is 126 Å². The van der Waals surface area contributed by atoms with Crippen molar-refractivity contribution in [1.29, 1.82) is 0 Å². The molecule has 1 aliphatic heterocycles. The second-order valence-corrected chi connectivity index (χ2v) is 6.48. The molecule has 1 aliphatic rings. The smallest absolute Gasteiger partial charge is 0.205 e. The first-order valence-electron chi connectivity index (χ1n) is 7.68. The summed E-state index contributed by atoms with van der Waals surface area (Å²) in [6, 6.07) is 0.641. The van der Waals surface area contributed by atoms with E-state index >= 15 is 0 Å². The zero-order valence-corrected chi connectivity index (χ0v) is 13.7. The molecule has 0 saturated carbocycles. The average molecular weight is 297 g/mol. The Kier molecular flexibility index (Phi) is 5.74. The van der Waals surface area contributed by atoms with Crippen molar-refractivity contribution in [2.75, 3.05) is 37.6 Å². The predicted molar refractivity (Wildman–Crippen MR) is 85.5 cm³/mol. The van der Waals surface area contributed by atoms with Crippen molar-refractivity contribution in [3.63, 3.8) is 0 Å². The fourth-order valence-electron chi connectivity index (χ4n) is 2.71. The van der Waals surface area contributed by atoms with Crippen LogP contribution in [-0.4, -0.2) is 53.0 Å². The first-order chi connectivity index (χ1) is 9.65. The number of anilines is 1. The summed E-state index contributed by atoms with van der Waals surface area (Å²) in [5, 5.41) is 1.08. The van der Waals surface area contributed by atoms with Gasteiger partial charge in [-0.2, -0.15) is 4.37 Å². The van der Waals surface area contributed by atoms with E-state index in [1.54, 1.807) is 0 Å². The van der Waals surface area contributed by atoms with Gasteiger partial charge in [0, 0.05) is 49.7 Å². The van der Waals surface area contributed by atoms with Crippen molar-refractivity contribution < 1.29 is 0 Å². The van der Waals surface area contributed by atoms with Crippen LogP contribution in [0.4, 0.5) is 5.13 Å². The Morgan fingerprint density at radius 2 is 1.95 bits per heavy atom. The number of hydrogen-bond acceptors (Lipinski definition) is 6. The lowest BCUT2D eigenvalue weighted by Crippen LogP contribution is -2.50. The Morgan fingerprint density at radius 3 is 2.45 bits per heavy atom. The number of nitrogens with zero attached hydrogens (tertiary/aromatic N) is 4. The lowest BCUT2D eigenvalue weighted by molar-refractivity contribution is 0.173. The van der Waals surface area contributed by atoms with Gasteiger partial charge in [0.25, 0.3) is 0 Å². The summed E-state index contributed by atoms with van der Waals surface area (Å²) in [7, 11) is 0. The summed E-state index contributed by atoms with van der Waals surface area (Å²) in [6.45, 7) is 11.6. The van der Waals surface area contributed by atoms with Crippen molar-refractivity contribution in [3.05, 3.63) is 5.82 Å². The number of hydrogen-bond donors (Lipinski definition) is 1. The van der Waals surface area contributed by atoms with Gasteiger partial charge in [0.05, 0.1) is 0 Å². The predicted octanol–water partition coefficient (Wildman–Crippen LogP) is 1.91. The first-order valence-corrected chi connectivity index (χ1v) is 8.45.